The smallest absolute Gasteiger partial charge is 0.410 e. The molecule has 1 heterocycles. The van der Waals surface area contributed by atoms with Crippen LogP contribution in [0.5, 0.6) is 0 Å². The largest absolute Gasteiger partial charge is 0.464 e. The van der Waals surface area contributed by atoms with Crippen molar-refractivity contribution in [1.29, 1.82) is 0 Å². The standard InChI is InChI=1S/C15H24N2O5/c1-3-22-14(18)13-7-12-6-10(8-16-20)4-5-11(12)9-17(13)15(19)21-2/h8,10-13,20H,3-7,9H2,1-2H3/b16-8+/t10-,11-,12+,13-/m0/s1. The van der Waals surface area contributed by atoms with Gasteiger partial charge < -0.3 is 14.7 Å². The predicted molar refractivity (Wildman–Crippen MR) is 78.7 cm³/mol. The van der Waals surface area contributed by atoms with Crippen molar-refractivity contribution in [3.8, 4) is 0 Å². The molecule has 2 aliphatic rings. The van der Waals surface area contributed by atoms with Crippen LogP contribution in [0.25, 0.3) is 0 Å². The molecule has 7 heteroatoms. The zero-order chi connectivity index (χ0) is 16.1. The lowest BCUT2D eigenvalue weighted by Gasteiger charge is -2.45. The number of methoxy groups -OCH3 is 1. The van der Waals surface area contributed by atoms with Crippen LogP contribution >= 0.6 is 0 Å². The number of hydrogen-bond acceptors (Lipinski definition) is 6. The molecule has 0 aromatic carbocycles. The molecule has 1 N–H and O–H groups in total. The van der Waals surface area contributed by atoms with Crippen LogP contribution in [0.3, 0.4) is 0 Å². The van der Waals surface area contributed by atoms with Gasteiger partial charge in [-0.3, -0.25) is 4.90 Å². The van der Waals surface area contributed by atoms with Crippen molar-refractivity contribution < 1.29 is 24.3 Å². The predicted octanol–water partition coefficient (Wildman–Crippen LogP) is 1.88. The summed E-state index contributed by atoms with van der Waals surface area (Å²) in [5.41, 5.74) is 0. The van der Waals surface area contributed by atoms with E-state index in [0.29, 0.717) is 24.8 Å². The third-order valence-electron chi connectivity index (χ3n) is 4.76. The molecule has 1 amide bonds. The molecule has 4 atom stereocenters. The van der Waals surface area contributed by atoms with Crippen molar-refractivity contribution in [3.05, 3.63) is 0 Å². The summed E-state index contributed by atoms with van der Waals surface area (Å²) in [6.45, 7) is 2.56. The van der Waals surface area contributed by atoms with E-state index < -0.39 is 12.1 Å². The normalized spacial score (nSPS) is 31.6. The Bertz CT molecular complexity index is 440. The molecule has 124 valence electrons. The maximum atomic E-state index is 12.2. The van der Waals surface area contributed by atoms with Crippen LogP contribution in [-0.2, 0) is 14.3 Å². The second-order valence-corrected chi connectivity index (χ2v) is 5.98. The molecule has 2 rings (SSSR count). The van der Waals surface area contributed by atoms with Gasteiger partial charge in [0.25, 0.3) is 0 Å². The molecule has 22 heavy (non-hydrogen) atoms. The van der Waals surface area contributed by atoms with E-state index in [1.165, 1.54) is 12.0 Å². The minimum Gasteiger partial charge on any atom is -0.464 e. The first kappa shape index (κ1) is 16.6. The summed E-state index contributed by atoms with van der Waals surface area (Å²) < 4.78 is 9.92. The van der Waals surface area contributed by atoms with Crippen LogP contribution in [-0.4, -0.2) is 54.7 Å². The molecule has 0 bridgehead atoms. The summed E-state index contributed by atoms with van der Waals surface area (Å²) in [5.74, 6) is 0.545. The first-order valence-electron chi connectivity index (χ1n) is 7.79. The average molecular weight is 312 g/mol. The third kappa shape index (κ3) is 3.51. The highest BCUT2D eigenvalue weighted by molar-refractivity contribution is 5.81. The number of hydrogen-bond donors (Lipinski definition) is 1. The lowest BCUT2D eigenvalue weighted by Crippen LogP contribution is -2.55. The molecule has 1 aliphatic heterocycles. The minimum absolute atomic E-state index is 0.235. The third-order valence-corrected chi connectivity index (χ3v) is 4.76. The van der Waals surface area contributed by atoms with Gasteiger partial charge in [0.1, 0.15) is 6.04 Å². The Morgan fingerprint density at radius 2 is 2.09 bits per heavy atom. The molecule has 7 nitrogen and oxygen atoms in total. The van der Waals surface area contributed by atoms with Crippen molar-refractivity contribution in [2.45, 2.75) is 38.6 Å². The highest BCUT2D eigenvalue weighted by atomic mass is 16.6. The monoisotopic (exact) mass is 312 g/mol. The summed E-state index contributed by atoms with van der Waals surface area (Å²) in [6.07, 6.45) is 4.43. The van der Waals surface area contributed by atoms with Gasteiger partial charge in [-0.15, -0.1) is 5.16 Å². The molecular weight excluding hydrogens is 288 g/mol. The number of carbonyl (C=O) groups is 2. The molecule has 2 fully saturated rings. The summed E-state index contributed by atoms with van der Waals surface area (Å²) in [4.78, 5) is 25.6. The lowest BCUT2D eigenvalue weighted by molar-refractivity contribution is -0.152. The maximum absolute atomic E-state index is 12.2. The van der Waals surface area contributed by atoms with Gasteiger partial charge in [0.2, 0.25) is 0 Å². The zero-order valence-corrected chi connectivity index (χ0v) is 13.1. The van der Waals surface area contributed by atoms with Gasteiger partial charge in [0, 0.05) is 12.8 Å². The number of ether oxygens (including phenoxy) is 2. The Hall–Kier alpha value is -1.79. The average Bonchev–Trinajstić information content (AvgIpc) is 2.53. The van der Waals surface area contributed by atoms with Gasteiger partial charge in [-0.25, -0.2) is 9.59 Å². The van der Waals surface area contributed by atoms with Crippen molar-refractivity contribution in [3.63, 3.8) is 0 Å². The van der Waals surface area contributed by atoms with E-state index >= 15 is 0 Å². The van der Waals surface area contributed by atoms with Gasteiger partial charge in [-0.05, 0) is 50.4 Å². The second kappa shape index (κ2) is 7.47. The van der Waals surface area contributed by atoms with Crippen molar-refractivity contribution in [1.82, 2.24) is 4.90 Å². The van der Waals surface area contributed by atoms with E-state index in [0.717, 1.165) is 19.3 Å². The molecule has 0 radical (unpaired) electrons. The van der Waals surface area contributed by atoms with E-state index in [9.17, 15) is 9.59 Å². The molecule has 0 aromatic heterocycles. The quantitative estimate of drug-likeness (QED) is 0.372. The van der Waals surface area contributed by atoms with Crippen molar-refractivity contribution in [2.24, 2.45) is 22.9 Å². The topological polar surface area (TPSA) is 88.4 Å². The van der Waals surface area contributed by atoms with Gasteiger partial charge in [0.05, 0.1) is 13.7 Å². The Kier molecular flexibility index (Phi) is 5.63. The Balaban J connectivity index is 2.12. The number of oxime groups is 1. The number of fused-ring (bicyclic) bond motifs is 1. The number of amides is 1. The summed E-state index contributed by atoms with van der Waals surface area (Å²) in [5, 5.41) is 11.8. The van der Waals surface area contributed by atoms with Gasteiger partial charge >= 0.3 is 12.1 Å². The van der Waals surface area contributed by atoms with Crippen LogP contribution < -0.4 is 0 Å². The van der Waals surface area contributed by atoms with E-state index in [1.54, 1.807) is 13.1 Å². The molecular formula is C15H24N2O5. The highest BCUT2D eigenvalue weighted by Gasteiger charge is 2.44. The number of esters is 1. The summed E-state index contributed by atoms with van der Waals surface area (Å²) in [6, 6.07) is -0.585. The Morgan fingerprint density at radius 3 is 2.73 bits per heavy atom. The number of carbonyl (C=O) groups excluding carboxylic acids is 2. The fourth-order valence-corrected chi connectivity index (χ4v) is 3.70. The minimum atomic E-state index is -0.585. The highest BCUT2D eigenvalue weighted by Crippen LogP contribution is 2.41. The van der Waals surface area contributed by atoms with Crippen LogP contribution in [0.2, 0.25) is 0 Å². The lowest BCUT2D eigenvalue weighted by atomic mass is 9.69. The molecule has 1 aliphatic carbocycles. The van der Waals surface area contributed by atoms with Crippen LogP contribution in [0.1, 0.15) is 32.6 Å². The Morgan fingerprint density at radius 1 is 1.32 bits per heavy atom. The maximum Gasteiger partial charge on any atom is 0.410 e. The molecule has 1 saturated carbocycles. The summed E-state index contributed by atoms with van der Waals surface area (Å²) >= 11 is 0. The molecule has 0 unspecified atom stereocenters. The summed E-state index contributed by atoms with van der Waals surface area (Å²) in [7, 11) is 1.32. The zero-order valence-electron chi connectivity index (χ0n) is 13.1. The van der Waals surface area contributed by atoms with Gasteiger partial charge in [-0.2, -0.15) is 0 Å². The van der Waals surface area contributed by atoms with Gasteiger partial charge in [-0.1, -0.05) is 0 Å². The van der Waals surface area contributed by atoms with Crippen LogP contribution in [0, 0.1) is 17.8 Å². The molecule has 1 saturated heterocycles. The number of nitrogens with zero attached hydrogens (tertiary/aromatic N) is 2. The molecule has 0 aromatic rings. The number of likely N-dealkylation sites (tertiary alicyclic amines) is 1. The van der Waals surface area contributed by atoms with Gasteiger partial charge in [0.15, 0.2) is 0 Å². The van der Waals surface area contributed by atoms with E-state index in [4.69, 9.17) is 14.7 Å². The van der Waals surface area contributed by atoms with E-state index in [-0.39, 0.29) is 18.5 Å². The number of rotatable bonds is 3. The second-order valence-electron chi connectivity index (χ2n) is 5.98. The molecule has 0 spiro atoms. The van der Waals surface area contributed by atoms with Crippen LogP contribution in [0.15, 0.2) is 5.16 Å². The van der Waals surface area contributed by atoms with Crippen LogP contribution in [0.4, 0.5) is 4.79 Å². The number of piperidine rings is 1. The Labute approximate surface area is 130 Å². The van der Waals surface area contributed by atoms with Crippen molar-refractivity contribution >= 4 is 18.3 Å². The first-order chi connectivity index (χ1) is 10.6. The first-order valence-corrected chi connectivity index (χ1v) is 7.79. The van der Waals surface area contributed by atoms with E-state index in [1.807, 2.05) is 0 Å². The van der Waals surface area contributed by atoms with E-state index in [2.05, 4.69) is 5.16 Å². The van der Waals surface area contributed by atoms with Crippen molar-refractivity contribution in [2.75, 3.05) is 20.3 Å². The fraction of sp³-hybridized carbons (Fsp3) is 0.800. The SMILES string of the molecule is CCOC(=O)[C@@H]1C[C@H]2C[C@@H](/C=N/O)CC[C@H]2CN1C(=O)OC. The fourth-order valence-electron chi connectivity index (χ4n) is 3.70.